The SMILES string of the molecule is C(=N[Si](c1ccccc1)(c1ccccc1)c1ccccc1)c1ccc(C=N[Si](c2ccccc2)(c2ccccc2)c2ccccc2)[nH]1. The van der Waals surface area contributed by atoms with Crippen molar-refractivity contribution in [2.75, 3.05) is 0 Å². The van der Waals surface area contributed by atoms with Gasteiger partial charge in [-0.1, -0.05) is 182 Å². The van der Waals surface area contributed by atoms with Crippen LogP contribution >= 0.6 is 0 Å². The first-order valence-electron chi connectivity index (χ1n) is 15.9. The molecule has 0 bridgehead atoms. The molecule has 47 heavy (non-hydrogen) atoms. The van der Waals surface area contributed by atoms with Crippen molar-refractivity contribution in [3.8, 4) is 0 Å². The number of nitrogens with zero attached hydrogens (tertiary/aromatic N) is 2. The van der Waals surface area contributed by atoms with Gasteiger partial charge in [-0.25, -0.2) is 0 Å². The molecule has 0 unspecified atom stereocenters. The van der Waals surface area contributed by atoms with E-state index in [2.05, 4.69) is 199 Å². The predicted octanol–water partition coefficient (Wildman–Crippen LogP) is 5.19. The van der Waals surface area contributed by atoms with Gasteiger partial charge in [0.05, 0.1) is 11.4 Å². The monoisotopic (exact) mass is 637 g/mol. The molecule has 0 radical (unpaired) electrons. The van der Waals surface area contributed by atoms with Gasteiger partial charge >= 0.3 is 0 Å². The van der Waals surface area contributed by atoms with Gasteiger partial charge in [0.1, 0.15) is 0 Å². The van der Waals surface area contributed by atoms with E-state index in [9.17, 15) is 0 Å². The van der Waals surface area contributed by atoms with Crippen LogP contribution in [0.25, 0.3) is 0 Å². The zero-order valence-corrected chi connectivity index (χ0v) is 28.0. The van der Waals surface area contributed by atoms with E-state index in [1.54, 1.807) is 0 Å². The highest BCUT2D eigenvalue weighted by molar-refractivity contribution is 7.11. The van der Waals surface area contributed by atoms with Gasteiger partial charge in [0, 0.05) is 12.4 Å². The molecule has 1 aromatic heterocycles. The molecule has 1 heterocycles. The van der Waals surface area contributed by atoms with Gasteiger partial charge in [0.2, 0.25) is 0 Å². The van der Waals surface area contributed by atoms with Crippen LogP contribution in [0.4, 0.5) is 0 Å². The van der Waals surface area contributed by atoms with E-state index in [-0.39, 0.29) is 0 Å². The Hall–Kier alpha value is -5.63. The zero-order valence-electron chi connectivity index (χ0n) is 26.0. The van der Waals surface area contributed by atoms with E-state index in [0.717, 1.165) is 11.4 Å². The quantitative estimate of drug-likeness (QED) is 0.122. The van der Waals surface area contributed by atoms with Crippen molar-refractivity contribution in [1.82, 2.24) is 4.98 Å². The van der Waals surface area contributed by atoms with Crippen molar-refractivity contribution in [2.45, 2.75) is 0 Å². The third kappa shape index (κ3) is 6.02. The minimum atomic E-state index is -2.76. The van der Waals surface area contributed by atoms with Crippen LogP contribution in [0.5, 0.6) is 0 Å². The molecule has 0 amide bonds. The minimum Gasteiger partial charge on any atom is -0.353 e. The van der Waals surface area contributed by atoms with Crippen molar-refractivity contribution in [3.63, 3.8) is 0 Å². The summed E-state index contributed by atoms with van der Waals surface area (Å²) in [6.07, 6.45) is 4.04. The number of H-pyrrole nitrogens is 1. The molecule has 7 rings (SSSR count). The molecule has 0 saturated carbocycles. The van der Waals surface area contributed by atoms with Crippen LogP contribution in [-0.4, -0.2) is 33.9 Å². The van der Waals surface area contributed by atoms with Crippen LogP contribution in [0.15, 0.2) is 203 Å². The van der Waals surface area contributed by atoms with Crippen molar-refractivity contribution in [3.05, 3.63) is 206 Å². The molecular weight excluding hydrogens is 603 g/mol. The lowest BCUT2D eigenvalue weighted by atomic mass is 10.3. The summed E-state index contributed by atoms with van der Waals surface area (Å²) >= 11 is 0. The third-order valence-electron chi connectivity index (χ3n) is 8.68. The molecule has 0 atom stereocenters. The number of hydrogen-bond acceptors (Lipinski definition) is 2. The molecule has 0 aliphatic rings. The van der Waals surface area contributed by atoms with Gasteiger partial charge < -0.3 is 14.3 Å². The van der Waals surface area contributed by atoms with Gasteiger partial charge in [-0.3, -0.25) is 0 Å². The first kappa shape index (κ1) is 30.1. The number of aromatic amines is 1. The predicted molar refractivity (Wildman–Crippen MR) is 204 cm³/mol. The molecule has 0 saturated heterocycles. The maximum absolute atomic E-state index is 5.55. The van der Waals surface area contributed by atoms with E-state index in [4.69, 9.17) is 9.32 Å². The van der Waals surface area contributed by atoms with E-state index in [1.807, 2.05) is 12.4 Å². The normalized spacial score (nSPS) is 12.1. The second kappa shape index (κ2) is 13.8. The Morgan fingerprint density at radius 3 is 0.723 bits per heavy atom. The van der Waals surface area contributed by atoms with Crippen LogP contribution in [0.2, 0.25) is 0 Å². The highest BCUT2D eigenvalue weighted by Gasteiger charge is 2.40. The summed E-state index contributed by atoms with van der Waals surface area (Å²) in [5, 5.41) is 7.45. The molecule has 0 aliphatic carbocycles. The van der Waals surface area contributed by atoms with Crippen molar-refractivity contribution in [2.24, 2.45) is 9.32 Å². The van der Waals surface area contributed by atoms with Gasteiger partial charge in [0.25, 0.3) is 16.5 Å². The lowest BCUT2D eigenvalue weighted by Gasteiger charge is -2.29. The highest BCUT2D eigenvalue weighted by Crippen LogP contribution is 2.12. The number of rotatable bonds is 10. The topological polar surface area (TPSA) is 40.5 Å². The molecule has 6 aromatic carbocycles. The Morgan fingerprint density at radius 2 is 0.511 bits per heavy atom. The lowest BCUT2D eigenvalue weighted by molar-refractivity contribution is 1.36. The Morgan fingerprint density at radius 1 is 0.298 bits per heavy atom. The van der Waals surface area contributed by atoms with E-state index in [1.165, 1.54) is 31.1 Å². The summed E-state index contributed by atoms with van der Waals surface area (Å²) in [7, 11) is -5.51. The summed E-state index contributed by atoms with van der Waals surface area (Å²) in [5.74, 6) is 0. The molecule has 7 aromatic rings. The Labute approximate surface area is 278 Å². The lowest BCUT2D eigenvalue weighted by Crippen LogP contribution is -2.66. The third-order valence-corrected chi connectivity index (χ3v) is 16.7. The van der Waals surface area contributed by atoms with Gasteiger partial charge in [-0.05, 0) is 43.3 Å². The average molecular weight is 638 g/mol. The first-order chi connectivity index (χ1) is 23.3. The molecule has 226 valence electrons. The second-order valence-corrected chi connectivity index (χ2v) is 18.3. The highest BCUT2D eigenvalue weighted by atomic mass is 28.3. The summed E-state index contributed by atoms with van der Waals surface area (Å²) in [6, 6.07) is 68.6. The molecule has 0 aliphatic heterocycles. The fourth-order valence-corrected chi connectivity index (χ4v) is 14.0. The van der Waals surface area contributed by atoms with Crippen LogP contribution in [0.1, 0.15) is 11.4 Å². The Balaban J connectivity index is 1.32. The minimum absolute atomic E-state index is 0.942. The van der Waals surface area contributed by atoms with Crippen LogP contribution < -0.4 is 31.1 Å². The van der Waals surface area contributed by atoms with Crippen molar-refractivity contribution in [1.29, 1.82) is 0 Å². The smallest absolute Gasteiger partial charge is 0.273 e. The van der Waals surface area contributed by atoms with E-state index >= 15 is 0 Å². The summed E-state index contributed by atoms with van der Waals surface area (Å²) in [5.41, 5.74) is 1.88. The molecule has 1 N–H and O–H groups in total. The van der Waals surface area contributed by atoms with Crippen LogP contribution in [-0.2, 0) is 0 Å². The Bertz CT molecular complexity index is 1720. The summed E-state index contributed by atoms with van der Waals surface area (Å²) in [4.78, 5) is 3.61. The zero-order chi connectivity index (χ0) is 31.8. The average Bonchev–Trinajstić information content (AvgIpc) is 3.63. The molecule has 3 nitrogen and oxygen atoms in total. The number of benzene rings is 6. The number of hydrogen-bond donors (Lipinski definition) is 1. The van der Waals surface area contributed by atoms with E-state index < -0.39 is 16.5 Å². The molecule has 0 spiro atoms. The fraction of sp³-hybridized carbons (Fsp3) is 0. The molecule has 0 fully saturated rings. The van der Waals surface area contributed by atoms with Gasteiger partial charge in [-0.15, -0.1) is 0 Å². The van der Waals surface area contributed by atoms with E-state index in [0.29, 0.717) is 0 Å². The summed E-state index contributed by atoms with van der Waals surface area (Å²) in [6.45, 7) is 0. The second-order valence-electron chi connectivity index (χ2n) is 11.5. The fourth-order valence-electron chi connectivity index (χ4n) is 6.44. The standard InChI is InChI=1S/C42H35N3Si2/c1-7-19-37(20-8-1)46(38-21-9-2-10-22-38,39-23-11-3-12-24-39)43-33-35-31-32-36(45-35)34-44-47(40-25-13-4-14-26-40,41-27-15-5-16-28-41)42-29-17-6-18-30-42/h1-34,45H. The van der Waals surface area contributed by atoms with Gasteiger partial charge in [-0.2, -0.15) is 0 Å². The maximum atomic E-state index is 5.55. The van der Waals surface area contributed by atoms with Crippen LogP contribution in [0, 0.1) is 0 Å². The maximum Gasteiger partial charge on any atom is 0.273 e. The number of aromatic nitrogens is 1. The first-order valence-corrected chi connectivity index (χ1v) is 19.8. The Kier molecular flexibility index (Phi) is 8.82. The largest absolute Gasteiger partial charge is 0.353 e. The summed E-state index contributed by atoms with van der Waals surface area (Å²) < 4.78 is 11.1. The number of nitrogens with one attached hydrogen (secondary N) is 1. The van der Waals surface area contributed by atoms with Crippen LogP contribution in [0.3, 0.4) is 0 Å². The van der Waals surface area contributed by atoms with Crippen molar-refractivity contribution < 1.29 is 0 Å². The molecular formula is C42H35N3Si2. The molecule has 5 heteroatoms. The van der Waals surface area contributed by atoms with Crippen molar-refractivity contribution >= 4 is 60.0 Å². The van der Waals surface area contributed by atoms with Gasteiger partial charge in [0.15, 0.2) is 0 Å².